The molecule has 1 heterocycles. The minimum atomic E-state index is 0.00897. The van der Waals surface area contributed by atoms with Crippen LogP contribution in [0.4, 0.5) is 11.6 Å². The summed E-state index contributed by atoms with van der Waals surface area (Å²) in [5.74, 6) is 2.35. The van der Waals surface area contributed by atoms with Crippen molar-refractivity contribution in [3.05, 3.63) is 11.9 Å². The van der Waals surface area contributed by atoms with Crippen molar-refractivity contribution in [2.24, 2.45) is 0 Å². The number of rotatable bonds is 4. The Morgan fingerprint density at radius 2 is 2.00 bits per heavy atom. The van der Waals surface area contributed by atoms with Crippen molar-refractivity contribution in [2.45, 2.75) is 33.2 Å². The van der Waals surface area contributed by atoms with E-state index < -0.39 is 0 Å². The zero-order chi connectivity index (χ0) is 13.1. The highest BCUT2D eigenvalue weighted by molar-refractivity contribution is 5.50. The summed E-state index contributed by atoms with van der Waals surface area (Å²) in [6, 6.07) is 1.90. The van der Waals surface area contributed by atoms with Crippen LogP contribution in [0.5, 0.6) is 0 Å². The second-order valence-corrected chi connectivity index (χ2v) is 5.04. The van der Waals surface area contributed by atoms with E-state index in [9.17, 15) is 0 Å². The van der Waals surface area contributed by atoms with Crippen molar-refractivity contribution in [1.82, 2.24) is 9.97 Å². The molecule has 0 unspecified atom stereocenters. The molecule has 0 fully saturated rings. The average molecular weight is 238 g/mol. The lowest BCUT2D eigenvalue weighted by molar-refractivity contribution is 0.311. The van der Waals surface area contributed by atoms with Crippen LogP contribution in [0.2, 0.25) is 0 Å². The number of aliphatic hydroxyl groups is 1. The number of nitrogens with zero attached hydrogens (tertiary/aromatic N) is 3. The van der Waals surface area contributed by atoms with Crippen LogP contribution in [0.15, 0.2) is 6.07 Å². The van der Waals surface area contributed by atoms with Gasteiger partial charge in [-0.25, -0.2) is 9.97 Å². The Morgan fingerprint density at radius 3 is 2.53 bits per heavy atom. The number of hydrogen-bond acceptors (Lipinski definition) is 5. The van der Waals surface area contributed by atoms with Crippen LogP contribution in [0.3, 0.4) is 0 Å². The molecule has 5 nitrogen and oxygen atoms in total. The molecule has 96 valence electrons. The first-order chi connectivity index (χ1) is 7.84. The highest BCUT2D eigenvalue weighted by Crippen LogP contribution is 2.21. The van der Waals surface area contributed by atoms with Crippen LogP contribution >= 0.6 is 0 Å². The van der Waals surface area contributed by atoms with Gasteiger partial charge in [0.05, 0.1) is 6.61 Å². The first-order valence-electron chi connectivity index (χ1n) is 5.79. The van der Waals surface area contributed by atoms with Gasteiger partial charge in [-0.05, 0) is 27.7 Å². The Hall–Kier alpha value is -1.36. The number of anilines is 2. The summed E-state index contributed by atoms with van der Waals surface area (Å²) in [4.78, 5) is 10.8. The van der Waals surface area contributed by atoms with Gasteiger partial charge in [0.15, 0.2) is 0 Å². The van der Waals surface area contributed by atoms with E-state index in [0.717, 1.165) is 17.5 Å². The third kappa shape index (κ3) is 3.85. The van der Waals surface area contributed by atoms with Crippen molar-refractivity contribution >= 4 is 11.6 Å². The summed E-state index contributed by atoms with van der Waals surface area (Å²) in [6.45, 7) is 8.84. The summed E-state index contributed by atoms with van der Waals surface area (Å²) >= 11 is 0. The predicted octanol–water partition coefficient (Wildman–Crippen LogP) is 1.42. The van der Waals surface area contributed by atoms with Gasteiger partial charge in [-0.3, -0.25) is 0 Å². The fourth-order valence-electron chi connectivity index (χ4n) is 1.34. The van der Waals surface area contributed by atoms with Crippen molar-refractivity contribution in [3.8, 4) is 0 Å². The first-order valence-corrected chi connectivity index (χ1v) is 5.79. The minimum Gasteiger partial charge on any atom is -0.395 e. The molecule has 0 radical (unpaired) electrons. The Labute approximate surface area is 103 Å². The number of aromatic nitrogens is 2. The molecular weight excluding hydrogens is 216 g/mol. The van der Waals surface area contributed by atoms with Gasteiger partial charge in [-0.15, -0.1) is 0 Å². The minimum absolute atomic E-state index is 0.00897. The van der Waals surface area contributed by atoms with Gasteiger partial charge in [0, 0.05) is 25.2 Å². The topological polar surface area (TPSA) is 61.3 Å². The van der Waals surface area contributed by atoms with E-state index >= 15 is 0 Å². The van der Waals surface area contributed by atoms with Gasteiger partial charge in [0.2, 0.25) is 0 Å². The Morgan fingerprint density at radius 1 is 1.35 bits per heavy atom. The quantitative estimate of drug-likeness (QED) is 0.831. The van der Waals surface area contributed by atoms with E-state index in [0.29, 0.717) is 6.54 Å². The molecule has 0 aromatic carbocycles. The van der Waals surface area contributed by atoms with E-state index in [2.05, 4.69) is 41.0 Å². The largest absolute Gasteiger partial charge is 0.395 e. The van der Waals surface area contributed by atoms with Crippen molar-refractivity contribution < 1.29 is 5.11 Å². The lowest BCUT2D eigenvalue weighted by Gasteiger charge is -2.33. The monoisotopic (exact) mass is 238 g/mol. The Bertz CT molecular complexity index is 373. The summed E-state index contributed by atoms with van der Waals surface area (Å²) < 4.78 is 0. The molecule has 5 heteroatoms. The lowest BCUT2D eigenvalue weighted by Crippen LogP contribution is -2.38. The van der Waals surface area contributed by atoms with E-state index in [-0.39, 0.29) is 12.1 Å². The molecule has 1 aromatic rings. The first kappa shape index (κ1) is 13.7. The molecule has 2 N–H and O–H groups in total. The fraction of sp³-hybridized carbons (Fsp3) is 0.667. The predicted molar refractivity (Wildman–Crippen MR) is 70.5 cm³/mol. The van der Waals surface area contributed by atoms with Crippen LogP contribution in [-0.2, 0) is 0 Å². The zero-order valence-electron chi connectivity index (χ0n) is 11.3. The number of aliphatic hydroxyl groups excluding tert-OH is 1. The maximum Gasteiger partial charge on any atom is 0.134 e. The number of nitrogens with one attached hydrogen (secondary N) is 1. The summed E-state index contributed by atoms with van der Waals surface area (Å²) in [5, 5.41) is 11.8. The van der Waals surface area contributed by atoms with Crippen molar-refractivity contribution in [2.75, 3.05) is 30.4 Å². The average Bonchev–Trinajstić information content (AvgIpc) is 2.23. The Kier molecular flexibility index (Phi) is 4.28. The maximum atomic E-state index is 8.79. The van der Waals surface area contributed by atoms with Crippen LogP contribution < -0.4 is 10.2 Å². The Balaban J connectivity index is 2.96. The van der Waals surface area contributed by atoms with Gasteiger partial charge in [0.1, 0.15) is 17.5 Å². The highest BCUT2D eigenvalue weighted by Gasteiger charge is 2.19. The second-order valence-electron chi connectivity index (χ2n) is 5.04. The van der Waals surface area contributed by atoms with Crippen LogP contribution in [0.1, 0.15) is 26.6 Å². The molecule has 1 rings (SSSR count). The van der Waals surface area contributed by atoms with Gasteiger partial charge >= 0.3 is 0 Å². The smallest absolute Gasteiger partial charge is 0.134 e. The fourth-order valence-corrected chi connectivity index (χ4v) is 1.34. The highest BCUT2D eigenvalue weighted by atomic mass is 16.3. The number of hydrogen-bond donors (Lipinski definition) is 2. The third-order valence-electron chi connectivity index (χ3n) is 2.59. The summed E-state index contributed by atoms with van der Waals surface area (Å²) in [5.41, 5.74) is 0.00897. The van der Waals surface area contributed by atoms with Gasteiger partial charge in [0.25, 0.3) is 0 Å². The molecule has 0 aliphatic carbocycles. The van der Waals surface area contributed by atoms with Crippen LogP contribution in [-0.4, -0.2) is 40.8 Å². The third-order valence-corrected chi connectivity index (χ3v) is 2.59. The molecule has 0 atom stereocenters. The van der Waals surface area contributed by atoms with Crippen molar-refractivity contribution in [3.63, 3.8) is 0 Å². The van der Waals surface area contributed by atoms with Gasteiger partial charge < -0.3 is 15.3 Å². The molecule has 0 saturated heterocycles. The second kappa shape index (κ2) is 5.31. The standard InChI is InChI=1S/C12H22N4O/c1-9-14-10(13-6-7-17)8-11(15-9)16(5)12(2,3)4/h8,17H,6-7H2,1-5H3,(H,13,14,15). The number of aryl methyl sites for hydroxylation is 1. The van der Waals surface area contributed by atoms with Crippen LogP contribution in [0, 0.1) is 6.92 Å². The maximum absolute atomic E-state index is 8.79. The van der Waals surface area contributed by atoms with Crippen LogP contribution in [0.25, 0.3) is 0 Å². The molecule has 0 saturated carbocycles. The molecule has 0 bridgehead atoms. The van der Waals surface area contributed by atoms with E-state index in [4.69, 9.17) is 5.11 Å². The zero-order valence-corrected chi connectivity index (χ0v) is 11.3. The summed E-state index contributed by atoms with van der Waals surface area (Å²) in [7, 11) is 2.01. The molecule has 1 aromatic heterocycles. The van der Waals surface area contributed by atoms with E-state index in [1.165, 1.54) is 0 Å². The molecular formula is C12H22N4O. The van der Waals surface area contributed by atoms with Crippen molar-refractivity contribution in [1.29, 1.82) is 0 Å². The lowest BCUT2D eigenvalue weighted by atomic mass is 10.1. The molecule has 17 heavy (non-hydrogen) atoms. The molecule has 0 spiro atoms. The molecule has 0 aliphatic rings. The van der Waals surface area contributed by atoms with Gasteiger partial charge in [-0.2, -0.15) is 0 Å². The summed E-state index contributed by atoms with van der Waals surface area (Å²) in [6.07, 6.45) is 0. The molecule has 0 aliphatic heterocycles. The SMILES string of the molecule is Cc1nc(NCCO)cc(N(C)C(C)(C)C)n1. The normalized spacial score (nSPS) is 11.4. The molecule has 0 amide bonds. The van der Waals surface area contributed by atoms with Gasteiger partial charge in [-0.1, -0.05) is 0 Å². The van der Waals surface area contributed by atoms with E-state index in [1.807, 2.05) is 20.0 Å². The van der Waals surface area contributed by atoms with E-state index in [1.54, 1.807) is 0 Å².